The molecule has 0 saturated carbocycles. The summed E-state index contributed by atoms with van der Waals surface area (Å²) in [6.07, 6.45) is 5.69. The van der Waals surface area contributed by atoms with Gasteiger partial charge in [-0.05, 0) is 74.0 Å². The summed E-state index contributed by atoms with van der Waals surface area (Å²) >= 11 is 0. The predicted octanol–water partition coefficient (Wildman–Crippen LogP) is 5.31. The summed E-state index contributed by atoms with van der Waals surface area (Å²) in [5.74, 6) is 7.04. The number of fused-ring (bicyclic) bond motifs is 4. The third kappa shape index (κ3) is 3.70. The van der Waals surface area contributed by atoms with Gasteiger partial charge in [0, 0.05) is 63.9 Å². The van der Waals surface area contributed by atoms with Gasteiger partial charge >= 0.3 is 12.6 Å². The number of hydrogen-bond donors (Lipinski definition) is 0. The van der Waals surface area contributed by atoms with Crippen LogP contribution in [0.15, 0.2) is 56.9 Å². The maximum Gasteiger partial charge on any atom is 0.737 e. The van der Waals surface area contributed by atoms with Crippen molar-refractivity contribution in [3.63, 3.8) is 0 Å². The van der Waals surface area contributed by atoms with Crippen LogP contribution in [0.4, 0.5) is 8.63 Å². The van der Waals surface area contributed by atoms with Crippen molar-refractivity contribution in [1.29, 1.82) is 0 Å². The van der Waals surface area contributed by atoms with Gasteiger partial charge in [-0.2, -0.15) is 0 Å². The van der Waals surface area contributed by atoms with Crippen LogP contribution < -0.4 is 5.63 Å². The molecule has 2 aromatic heterocycles. The van der Waals surface area contributed by atoms with Gasteiger partial charge in [0.05, 0.1) is 11.1 Å². The molecule has 9 heteroatoms. The maximum absolute atomic E-state index is 15.8. The molecule has 38 heavy (non-hydrogen) atoms. The van der Waals surface area contributed by atoms with Crippen LogP contribution in [0.5, 0.6) is 0 Å². The lowest BCUT2D eigenvalue weighted by Crippen LogP contribution is -2.51. The minimum atomic E-state index is -4.06. The van der Waals surface area contributed by atoms with E-state index in [1.165, 1.54) is 0 Å². The number of allylic oxidation sites excluding steroid dienone is 4. The fraction of sp³-hybridized carbons (Fsp3) is 0.241. The van der Waals surface area contributed by atoms with Crippen LogP contribution in [-0.4, -0.2) is 31.6 Å². The number of rotatable bonds is 2. The van der Waals surface area contributed by atoms with Crippen molar-refractivity contribution in [1.82, 2.24) is 4.48 Å². The molecule has 1 aromatic carbocycles. The third-order valence-corrected chi connectivity index (χ3v) is 8.67. The summed E-state index contributed by atoms with van der Waals surface area (Å²) in [5, 5.41) is 0.691. The normalized spacial score (nSPS) is 20.1. The first-order valence-corrected chi connectivity index (χ1v) is 13.9. The molecule has 0 aliphatic carbocycles. The molecule has 5 heterocycles. The van der Waals surface area contributed by atoms with Crippen LogP contribution in [-0.2, 0) is 16.6 Å². The van der Waals surface area contributed by atoms with E-state index in [0.29, 0.717) is 62.8 Å². The average Bonchev–Trinajstić information content (AvgIpc) is 3.31. The second-order valence-corrected chi connectivity index (χ2v) is 11.7. The van der Waals surface area contributed by atoms with E-state index in [0.717, 1.165) is 31.2 Å². The highest BCUT2D eigenvalue weighted by atomic mass is 32.2. The summed E-state index contributed by atoms with van der Waals surface area (Å²) in [6, 6.07) is 7.09. The van der Waals surface area contributed by atoms with Crippen LogP contribution in [0.3, 0.4) is 0 Å². The molecule has 0 radical (unpaired) electrons. The Bertz CT molecular complexity index is 1860. The van der Waals surface area contributed by atoms with E-state index in [1.807, 2.05) is 19.9 Å². The fourth-order valence-corrected chi connectivity index (χ4v) is 6.89. The van der Waals surface area contributed by atoms with Gasteiger partial charge in [0.25, 0.3) is 0 Å². The van der Waals surface area contributed by atoms with Crippen molar-refractivity contribution in [2.45, 2.75) is 39.9 Å². The molecule has 0 fully saturated rings. The standard InChI is InChI=1S/C29H25BF2N2O3S/c1-17-11-19(3)33-27(17)25(28-18(2)12-20(4)34(28)30(33,31)32)9-8-22-13-23-14-24-16-38(36)10-6-5-7-21(24)15-26(23)37-29(22)35/h8-9,11-15H,6,10,16H2,1-4H3/b9-8+. The van der Waals surface area contributed by atoms with Crippen LogP contribution in [0.25, 0.3) is 22.6 Å². The van der Waals surface area contributed by atoms with Crippen molar-refractivity contribution in [3.8, 4) is 11.8 Å². The molecule has 192 valence electrons. The molecular weight excluding hydrogens is 505 g/mol. The molecule has 3 aliphatic heterocycles. The van der Waals surface area contributed by atoms with Gasteiger partial charge in [0.2, 0.25) is 0 Å². The largest absolute Gasteiger partial charge is 0.737 e. The predicted molar refractivity (Wildman–Crippen MR) is 149 cm³/mol. The number of aromatic nitrogens is 1. The Morgan fingerprint density at radius 1 is 1.13 bits per heavy atom. The fourth-order valence-electron chi connectivity index (χ4n) is 5.83. The lowest BCUT2D eigenvalue weighted by Gasteiger charge is -2.33. The minimum Gasteiger partial charge on any atom is -0.422 e. The molecular formula is C29H25BF2N2O3S. The molecule has 0 N–H and O–H groups in total. The van der Waals surface area contributed by atoms with Crippen molar-refractivity contribution in [2.75, 3.05) is 5.75 Å². The zero-order valence-corrected chi connectivity index (χ0v) is 22.3. The summed E-state index contributed by atoms with van der Waals surface area (Å²) in [4.78, 5) is 12.9. The van der Waals surface area contributed by atoms with Gasteiger partial charge in [0.15, 0.2) is 5.70 Å². The van der Waals surface area contributed by atoms with E-state index in [2.05, 4.69) is 11.8 Å². The SMILES string of the molecule is CC1=CC(C)=[N+]2C1=C(/C=C/c1cc3cc4c(cc3oc1=O)C#CCCS(=O)C4)c1c(C)cc(C)n1[B-]2(F)F. The number of hydrogen-bond acceptors (Lipinski definition) is 3. The Hall–Kier alpha value is -3.77. The molecule has 3 aromatic rings. The van der Waals surface area contributed by atoms with Gasteiger partial charge in [-0.3, -0.25) is 4.21 Å². The highest BCUT2D eigenvalue weighted by molar-refractivity contribution is 7.84. The van der Waals surface area contributed by atoms with Gasteiger partial charge in [0.1, 0.15) is 11.3 Å². The van der Waals surface area contributed by atoms with Crippen molar-refractivity contribution in [3.05, 3.63) is 91.7 Å². The highest BCUT2D eigenvalue weighted by Gasteiger charge is 2.54. The summed E-state index contributed by atoms with van der Waals surface area (Å²) < 4.78 is 51.8. The maximum atomic E-state index is 15.8. The second-order valence-electron chi connectivity index (χ2n) is 10.1. The topological polar surface area (TPSA) is 55.2 Å². The van der Waals surface area contributed by atoms with E-state index in [1.54, 1.807) is 50.3 Å². The Balaban J connectivity index is 1.52. The van der Waals surface area contributed by atoms with Crippen LogP contribution in [0, 0.1) is 25.7 Å². The smallest absolute Gasteiger partial charge is 0.422 e. The van der Waals surface area contributed by atoms with E-state index in [-0.39, 0.29) is 0 Å². The van der Waals surface area contributed by atoms with Crippen molar-refractivity contribution >= 4 is 46.1 Å². The summed E-state index contributed by atoms with van der Waals surface area (Å²) in [7, 11) is -1.02. The minimum absolute atomic E-state index is 0.297. The molecule has 0 spiro atoms. The molecule has 5 nitrogen and oxygen atoms in total. The third-order valence-electron chi connectivity index (χ3n) is 7.38. The molecule has 6 rings (SSSR count). The molecule has 1 unspecified atom stereocenters. The zero-order chi connectivity index (χ0) is 26.9. The number of halogens is 2. The monoisotopic (exact) mass is 530 g/mol. The van der Waals surface area contributed by atoms with Crippen LogP contribution in [0.2, 0.25) is 0 Å². The van der Waals surface area contributed by atoms with Crippen LogP contribution >= 0.6 is 0 Å². The van der Waals surface area contributed by atoms with E-state index in [9.17, 15) is 9.00 Å². The molecule has 0 saturated heterocycles. The summed E-state index contributed by atoms with van der Waals surface area (Å²) in [5.41, 5.74) is 5.70. The lowest BCUT2D eigenvalue weighted by atomic mass is 9.86. The van der Waals surface area contributed by atoms with E-state index >= 15 is 8.63 Å². The Morgan fingerprint density at radius 2 is 1.92 bits per heavy atom. The lowest BCUT2D eigenvalue weighted by molar-refractivity contribution is -0.363. The molecule has 0 amide bonds. The van der Waals surface area contributed by atoms with Crippen LogP contribution in [0.1, 0.15) is 53.9 Å². The Labute approximate surface area is 221 Å². The van der Waals surface area contributed by atoms with Gasteiger partial charge in [-0.25, -0.2) is 4.79 Å². The zero-order valence-electron chi connectivity index (χ0n) is 21.5. The van der Waals surface area contributed by atoms with Gasteiger partial charge in [-0.1, -0.05) is 11.8 Å². The van der Waals surface area contributed by atoms with E-state index in [4.69, 9.17) is 4.42 Å². The van der Waals surface area contributed by atoms with Crippen molar-refractivity contribution < 1.29 is 21.7 Å². The number of aryl methyl sites for hydroxylation is 2. The molecule has 1 atom stereocenters. The van der Waals surface area contributed by atoms with E-state index < -0.39 is 23.4 Å². The average molecular weight is 530 g/mol. The Kier molecular flexibility index (Phi) is 5.58. The molecule has 3 aliphatic rings. The quantitative estimate of drug-likeness (QED) is 0.257. The number of benzene rings is 1. The van der Waals surface area contributed by atoms with Crippen molar-refractivity contribution in [2.24, 2.45) is 0 Å². The first kappa shape index (κ1) is 24.6. The first-order valence-electron chi connectivity index (χ1n) is 12.5. The number of nitrogens with zero attached hydrogens (tertiary/aromatic N) is 2. The van der Waals surface area contributed by atoms with Gasteiger partial charge < -0.3 is 22.0 Å². The van der Waals surface area contributed by atoms with Gasteiger partial charge in [-0.15, -0.1) is 0 Å². The summed E-state index contributed by atoms with van der Waals surface area (Å²) in [6.45, 7) is 2.95. The highest BCUT2D eigenvalue weighted by Crippen LogP contribution is 2.42. The first-order chi connectivity index (χ1) is 18.1. The molecule has 0 bridgehead atoms. The Morgan fingerprint density at radius 3 is 2.71 bits per heavy atom. The second kappa shape index (κ2) is 8.64.